The Morgan fingerprint density at radius 1 is 1.12 bits per heavy atom. The summed E-state index contributed by atoms with van der Waals surface area (Å²) in [6.45, 7) is 8.30. The van der Waals surface area contributed by atoms with Crippen LogP contribution in [-0.4, -0.2) is 25.9 Å². The van der Waals surface area contributed by atoms with Gasteiger partial charge in [-0.05, 0) is 37.0 Å². The van der Waals surface area contributed by atoms with Gasteiger partial charge in [-0.15, -0.1) is 5.10 Å². The molecule has 1 N–H and O–H groups in total. The topological polar surface area (TPSA) is 85.8 Å². The van der Waals surface area contributed by atoms with Crippen LogP contribution in [0.5, 0.6) is 0 Å². The first-order valence-electron chi connectivity index (χ1n) is 8.70. The van der Waals surface area contributed by atoms with Crippen molar-refractivity contribution in [3.8, 4) is 0 Å². The molecule has 0 aliphatic heterocycles. The van der Waals surface area contributed by atoms with E-state index in [-0.39, 0.29) is 18.0 Å². The van der Waals surface area contributed by atoms with Gasteiger partial charge >= 0.3 is 6.01 Å². The number of carbonyl (C=O) groups is 1. The van der Waals surface area contributed by atoms with Gasteiger partial charge in [-0.1, -0.05) is 43.2 Å². The van der Waals surface area contributed by atoms with Crippen molar-refractivity contribution in [2.24, 2.45) is 0 Å². The number of hydrogen-bond acceptors (Lipinski definition) is 5. The monoisotopic (exact) mass is 353 g/mol. The van der Waals surface area contributed by atoms with Gasteiger partial charge in [0.25, 0.3) is 5.91 Å². The zero-order chi connectivity index (χ0) is 18.7. The van der Waals surface area contributed by atoms with Crippen molar-refractivity contribution >= 4 is 11.9 Å². The van der Waals surface area contributed by atoms with E-state index in [2.05, 4.69) is 58.7 Å². The molecule has 0 atom stereocenters. The van der Waals surface area contributed by atoms with E-state index < -0.39 is 0 Å². The van der Waals surface area contributed by atoms with Crippen LogP contribution in [0, 0.1) is 0 Å². The number of hydrogen-bond donors (Lipinski definition) is 1. The molecule has 2 heterocycles. The van der Waals surface area contributed by atoms with E-state index in [1.165, 1.54) is 5.56 Å². The summed E-state index contributed by atoms with van der Waals surface area (Å²) in [6, 6.07) is 10.2. The molecule has 0 spiro atoms. The molecule has 7 heteroatoms. The summed E-state index contributed by atoms with van der Waals surface area (Å²) in [4.78, 5) is 12.2. The van der Waals surface area contributed by atoms with Crippen molar-refractivity contribution in [2.45, 2.75) is 46.1 Å². The molecule has 0 aliphatic rings. The summed E-state index contributed by atoms with van der Waals surface area (Å²) in [5.41, 5.74) is 2.67. The lowest BCUT2D eigenvalue weighted by Crippen LogP contribution is -2.14. The molecule has 0 fully saturated rings. The predicted octanol–water partition coefficient (Wildman–Crippen LogP) is 3.81. The summed E-state index contributed by atoms with van der Waals surface area (Å²) < 4.78 is 7.24. The van der Waals surface area contributed by atoms with Crippen molar-refractivity contribution in [1.82, 2.24) is 20.0 Å². The molecule has 136 valence electrons. The molecule has 0 radical (unpaired) electrons. The lowest BCUT2D eigenvalue weighted by atomic mass is 10.0. The SMILES string of the molecule is CC(C)c1ccc(Cc2nnc(NC(=O)c3ccn(C(C)C)n3)o2)cc1. The summed E-state index contributed by atoms with van der Waals surface area (Å²) in [7, 11) is 0. The molecule has 0 unspecified atom stereocenters. The van der Waals surface area contributed by atoms with Crippen LogP contribution in [0.4, 0.5) is 6.01 Å². The number of nitrogens with zero attached hydrogens (tertiary/aromatic N) is 4. The molecule has 1 aromatic carbocycles. The first-order chi connectivity index (χ1) is 12.4. The first-order valence-corrected chi connectivity index (χ1v) is 8.70. The van der Waals surface area contributed by atoms with Crippen LogP contribution in [0.25, 0.3) is 0 Å². The number of aromatic nitrogens is 4. The van der Waals surface area contributed by atoms with Crippen LogP contribution in [0.3, 0.4) is 0 Å². The quantitative estimate of drug-likeness (QED) is 0.728. The van der Waals surface area contributed by atoms with Crippen LogP contribution in [0.15, 0.2) is 40.9 Å². The van der Waals surface area contributed by atoms with Crippen molar-refractivity contribution < 1.29 is 9.21 Å². The van der Waals surface area contributed by atoms with Crippen LogP contribution in [0.2, 0.25) is 0 Å². The second-order valence-electron chi connectivity index (χ2n) is 6.80. The first kappa shape index (κ1) is 17.8. The highest BCUT2D eigenvalue weighted by atomic mass is 16.4. The van der Waals surface area contributed by atoms with Crippen molar-refractivity contribution in [3.63, 3.8) is 0 Å². The van der Waals surface area contributed by atoms with Gasteiger partial charge in [-0.25, -0.2) is 0 Å². The number of benzene rings is 1. The third-order valence-corrected chi connectivity index (χ3v) is 4.06. The Hall–Kier alpha value is -2.96. The van der Waals surface area contributed by atoms with Crippen molar-refractivity contribution in [2.75, 3.05) is 5.32 Å². The fraction of sp³-hybridized carbons (Fsp3) is 0.368. The Kier molecular flexibility index (Phi) is 5.16. The van der Waals surface area contributed by atoms with E-state index in [0.29, 0.717) is 23.9 Å². The normalized spacial score (nSPS) is 11.3. The summed E-state index contributed by atoms with van der Waals surface area (Å²) in [5.74, 6) is 0.569. The van der Waals surface area contributed by atoms with Gasteiger partial charge in [0.2, 0.25) is 5.89 Å². The van der Waals surface area contributed by atoms with Gasteiger partial charge in [-0.3, -0.25) is 14.8 Å². The number of rotatable bonds is 6. The fourth-order valence-electron chi connectivity index (χ4n) is 2.48. The maximum Gasteiger partial charge on any atom is 0.322 e. The van der Waals surface area contributed by atoms with Gasteiger partial charge < -0.3 is 4.42 Å². The van der Waals surface area contributed by atoms with E-state index >= 15 is 0 Å². The minimum atomic E-state index is -0.374. The van der Waals surface area contributed by atoms with Gasteiger partial charge in [-0.2, -0.15) is 5.10 Å². The number of carbonyl (C=O) groups excluding carboxylic acids is 1. The Bertz CT molecular complexity index is 877. The molecule has 3 rings (SSSR count). The maximum absolute atomic E-state index is 12.2. The molecule has 26 heavy (non-hydrogen) atoms. The second kappa shape index (κ2) is 7.51. The molecule has 7 nitrogen and oxygen atoms in total. The van der Waals surface area contributed by atoms with Crippen molar-refractivity contribution in [1.29, 1.82) is 0 Å². The summed E-state index contributed by atoms with van der Waals surface area (Å²) in [6.07, 6.45) is 2.28. The molecular formula is C19H23N5O2. The summed E-state index contributed by atoms with van der Waals surface area (Å²) in [5, 5.41) is 14.7. The highest BCUT2D eigenvalue weighted by molar-refractivity contribution is 6.01. The third kappa shape index (κ3) is 4.17. The third-order valence-electron chi connectivity index (χ3n) is 4.06. The van der Waals surface area contributed by atoms with Crippen LogP contribution in [-0.2, 0) is 6.42 Å². The Labute approximate surface area is 152 Å². The Morgan fingerprint density at radius 3 is 2.46 bits per heavy atom. The van der Waals surface area contributed by atoms with Gasteiger partial charge in [0.1, 0.15) is 0 Å². The maximum atomic E-state index is 12.2. The van der Waals surface area contributed by atoms with Gasteiger partial charge in [0, 0.05) is 12.2 Å². The average Bonchev–Trinajstić information content (AvgIpc) is 3.25. The zero-order valence-corrected chi connectivity index (χ0v) is 15.4. The van der Waals surface area contributed by atoms with Crippen LogP contribution in [0.1, 0.15) is 67.2 Å². The molecule has 0 saturated carbocycles. The smallest absolute Gasteiger partial charge is 0.322 e. The Balaban J connectivity index is 1.62. The molecule has 3 aromatic rings. The minimum absolute atomic E-state index is 0.0721. The highest BCUT2D eigenvalue weighted by Gasteiger charge is 2.15. The van der Waals surface area contributed by atoms with Gasteiger partial charge in [0.05, 0.1) is 6.42 Å². The lowest BCUT2D eigenvalue weighted by molar-refractivity contribution is 0.101. The average molecular weight is 353 g/mol. The van der Waals surface area contributed by atoms with Crippen LogP contribution >= 0.6 is 0 Å². The number of anilines is 1. The molecule has 1 amide bonds. The second-order valence-corrected chi connectivity index (χ2v) is 6.80. The van der Waals surface area contributed by atoms with E-state index in [0.717, 1.165) is 5.56 Å². The summed E-state index contributed by atoms with van der Waals surface area (Å²) >= 11 is 0. The zero-order valence-electron chi connectivity index (χ0n) is 15.4. The van der Waals surface area contributed by atoms with E-state index in [9.17, 15) is 4.79 Å². The molecule has 0 saturated heterocycles. The fourth-order valence-corrected chi connectivity index (χ4v) is 2.48. The molecule has 2 aromatic heterocycles. The molecular weight excluding hydrogens is 330 g/mol. The van der Waals surface area contributed by atoms with E-state index in [4.69, 9.17) is 4.42 Å². The van der Waals surface area contributed by atoms with E-state index in [1.807, 2.05) is 13.8 Å². The minimum Gasteiger partial charge on any atom is -0.407 e. The largest absolute Gasteiger partial charge is 0.407 e. The van der Waals surface area contributed by atoms with Gasteiger partial charge in [0.15, 0.2) is 5.69 Å². The highest BCUT2D eigenvalue weighted by Crippen LogP contribution is 2.17. The molecule has 0 bridgehead atoms. The van der Waals surface area contributed by atoms with E-state index in [1.54, 1.807) is 16.9 Å². The number of amides is 1. The van der Waals surface area contributed by atoms with Crippen LogP contribution < -0.4 is 5.32 Å². The standard InChI is InChI=1S/C19H23N5O2/c1-12(2)15-7-5-14(6-8-15)11-17-21-22-19(26-17)20-18(25)16-9-10-24(23-16)13(3)4/h5-10,12-13H,11H2,1-4H3,(H,20,22,25). The lowest BCUT2D eigenvalue weighted by Gasteiger charge is -2.05. The molecule has 0 aliphatic carbocycles. The predicted molar refractivity (Wildman–Crippen MR) is 98.2 cm³/mol. The van der Waals surface area contributed by atoms with Crippen molar-refractivity contribution in [3.05, 3.63) is 59.2 Å². The Morgan fingerprint density at radius 2 is 1.85 bits per heavy atom. The number of nitrogens with one attached hydrogen (secondary N) is 1.